The Morgan fingerprint density at radius 2 is 1.62 bits per heavy atom. The molecule has 2 aliphatic heterocycles. The molecular weight excluding hydrogens is 475 g/mol. The number of benzene rings is 2. The van der Waals surface area contributed by atoms with Gasteiger partial charge in [0, 0.05) is 70.5 Å². The van der Waals surface area contributed by atoms with Crippen LogP contribution in [0.25, 0.3) is 0 Å². The van der Waals surface area contributed by atoms with E-state index in [1.54, 1.807) is 43.5 Å². The Morgan fingerprint density at radius 3 is 2.30 bits per heavy atom. The summed E-state index contributed by atoms with van der Waals surface area (Å²) in [5.41, 5.74) is 1.76. The number of nitrogens with one attached hydrogen (secondary N) is 1. The molecule has 0 spiro atoms. The van der Waals surface area contributed by atoms with Crippen LogP contribution < -0.4 is 20.1 Å². The number of aromatic amines is 1. The highest BCUT2D eigenvalue weighted by Crippen LogP contribution is 2.21. The molecule has 3 aromatic rings. The molecule has 37 heavy (non-hydrogen) atoms. The van der Waals surface area contributed by atoms with Crippen LogP contribution in [0.1, 0.15) is 16.1 Å². The Kier molecular flexibility index (Phi) is 7.36. The first-order valence-corrected chi connectivity index (χ1v) is 12.5. The summed E-state index contributed by atoms with van der Waals surface area (Å²) in [7, 11) is 1.59. The number of halogens is 1. The van der Waals surface area contributed by atoms with Crippen LogP contribution in [0.3, 0.4) is 0 Å². The maximum atomic E-state index is 14.1. The van der Waals surface area contributed by atoms with Gasteiger partial charge in [0.25, 0.3) is 11.5 Å². The second-order valence-corrected chi connectivity index (χ2v) is 9.28. The molecule has 2 saturated heterocycles. The number of hydrogen-bond acceptors (Lipinski definition) is 7. The van der Waals surface area contributed by atoms with Crippen LogP contribution in [0, 0.1) is 5.82 Å². The summed E-state index contributed by atoms with van der Waals surface area (Å²) >= 11 is 0. The third kappa shape index (κ3) is 5.75. The minimum Gasteiger partial charge on any atom is -0.497 e. The number of aromatic nitrogens is 2. The van der Waals surface area contributed by atoms with Crippen LogP contribution >= 0.6 is 0 Å². The maximum Gasteiger partial charge on any atom is 0.253 e. The largest absolute Gasteiger partial charge is 0.497 e. The number of methoxy groups -OCH3 is 1. The van der Waals surface area contributed by atoms with Crippen molar-refractivity contribution < 1.29 is 13.9 Å². The van der Waals surface area contributed by atoms with Crippen LogP contribution in [0.5, 0.6) is 5.75 Å². The summed E-state index contributed by atoms with van der Waals surface area (Å²) in [6.07, 6.45) is 0. The molecule has 2 aromatic carbocycles. The molecule has 194 valence electrons. The van der Waals surface area contributed by atoms with Crippen molar-refractivity contribution in [3.8, 4) is 5.75 Å². The van der Waals surface area contributed by atoms with Gasteiger partial charge in [-0.05, 0) is 36.4 Å². The topological polar surface area (TPSA) is 85.0 Å². The third-order valence-corrected chi connectivity index (χ3v) is 6.94. The summed E-state index contributed by atoms with van der Waals surface area (Å²) < 4.78 is 19.3. The van der Waals surface area contributed by atoms with Gasteiger partial charge >= 0.3 is 0 Å². The second-order valence-electron chi connectivity index (χ2n) is 9.28. The standard InChI is InChI=1S/C27H31FN6O3/c1-37-22-8-6-20(7-9-22)26(36)33-14-16-34(17-15-33)27-29-21(18-25(35)30-27)19-31-10-12-32(13-11-31)24-5-3-2-4-23(24)28/h2-9,18H,10-17,19H2,1H3,(H,29,30,35). The van der Waals surface area contributed by atoms with Crippen molar-refractivity contribution in [3.05, 3.63) is 82.0 Å². The molecule has 0 radical (unpaired) electrons. The number of carbonyl (C=O) groups is 1. The minimum absolute atomic E-state index is 0.0213. The highest BCUT2D eigenvalue weighted by Gasteiger charge is 2.24. The van der Waals surface area contributed by atoms with Gasteiger partial charge in [-0.3, -0.25) is 19.5 Å². The number of piperazine rings is 2. The van der Waals surface area contributed by atoms with E-state index in [1.165, 1.54) is 12.1 Å². The van der Waals surface area contributed by atoms with E-state index in [1.807, 2.05) is 15.9 Å². The predicted molar refractivity (Wildman–Crippen MR) is 140 cm³/mol. The second kappa shape index (κ2) is 11.0. The lowest BCUT2D eigenvalue weighted by atomic mass is 10.1. The fourth-order valence-electron chi connectivity index (χ4n) is 4.85. The van der Waals surface area contributed by atoms with Crippen molar-refractivity contribution >= 4 is 17.5 Å². The van der Waals surface area contributed by atoms with Crippen LogP contribution in [0.2, 0.25) is 0 Å². The lowest BCUT2D eigenvalue weighted by Crippen LogP contribution is -2.49. The van der Waals surface area contributed by atoms with Crippen LogP contribution in [-0.2, 0) is 6.54 Å². The van der Waals surface area contributed by atoms with E-state index in [0.29, 0.717) is 74.5 Å². The zero-order valence-corrected chi connectivity index (χ0v) is 20.9. The molecular formula is C27H31FN6O3. The van der Waals surface area contributed by atoms with Gasteiger partial charge in [0.15, 0.2) is 0 Å². The molecule has 0 saturated carbocycles. The maximum absolute atomic E-state index is 14.1. The molecule has 2 fully saturated rings. The van der Waals surface area contributed by atoms with Gasteiger partial charge in [-0.2, -0.15) is 0 Å². The normalized spacial score (nSPS) is 16.6. The number of rotatable bonds is 6. The molecule has 9 nitrogen and oxygen atoms in total. The van der Waals surface area contributed by atoms with E-state index >= 15 is 0 Å². The van der Waals surface area contributed by atoms with Gasteiger partial charge in [0.05, 0.1) is 18.5 Å². The molecule has 0 atom stereocenters. The third-order valence-electron chi connectivity index (χ3n) is 6.94. The van der Waals surface area contributed by atoms with E-state index in [4.69, 9.17) is 9.72 Å². The molecule has 0 bridgehead atoms. The lowest BCUT2D eigenvalue weighted by molar-refractivity contribution is 0.0746. The molecule has 1 amide bonds. The summed E-state index contributed by atoms with van der Waals surface area (Å²) in [4.78, 5) is 41.0. The monoisotopic (exact) mass is 506 g/mol. The zero-order chi connectivity index (χ0) is 25.8. The fourth-order valence-corrected chi connectivity index (χ4v) is 4.85. The summed E-state index contributed by atoms with van der Waals surface area (Å²) in [5.74, 6) is 1.02. The van der Waals surface area contributed by atoms with Gasteiger partial charge in [-0.15, -0.1) is 0 Å². The first kappa shape index (κ1) is 24.8. The molecule has 0 unspecified atom stereocenters. The van der Waals surface area contributed by atoms with E-state index < -0.39 is 0 Å². The van der Waals surface area contributed by atoms with Crippen molar-refractivity contribution in [2.24, 2.45) is 0 Å². The quantitative estimate of drug-likeness (QED) is 0.549. The van der Waals surface area contributed by atoms with Gasteiger partial charge < -0.3 is 19.4 Å². The van der Waals surface area contributed by atoms with Crippen molar-refractivity contribution in [2.75, 3.05) is 69.3 Å². The smallest absolute Gasteiger partial charge is 0.253 e. The number of H-pyrrole nitrogens is 1. The summed E-state index contributed by atoms with van der Waals surface area (Å²) in [5, 5.41) is 0. The van der Waals surface area contributed by atoms with Crippen molar-refractivity contribution in [1.29, 1.82) is 0 Å². The first-order chi connectivity index (χ1) is 18.0. The lowest BCUT2D eigenvalue weighted by Gasteiger charge is -2.36. The molecule has 5 rings (SSSR count). The Bertz CT molecular complexity index is 1280. The van der Waals surface area contributed by atoms with Gasteiger partial charge in [0.2, 0.25) is 5.95 Å². The molecule has 1 N–H and O–H groups in total. The number of carbonyl (C=O) groups excluding carboxylic acids is 1. The van der Waals surface area contributed by atoms with Crippen molar-refractivity contribution in [1.82, 2.24) is 19.8 Å². The number of amides is 1. The molecule has 10 heteroatoms. The average molecular weight is 507 g/mol. The van der Waals surface area contributed by atoms with Crippen LogP contribution in [0.4, 0.5) is 16.0 Å². The number of ether oxygens (including phenoxy) is 1. The van der Waals surface area contributed by atoms with Crippen molar-refractivity contribution in [2.45, 2.75) is 6.54 Å². The Hall–Kier alpha value is -3.92. The van der Waals surface area contributed by atoms with Gasteiger partial charge in [0.1, 0.15) is 11.6 Å². The number of nitrogens with zero attached hydrogens (tertiary/aromatic N) is 5. The molecule has 2 aliphatic rings. The van der Waals surface area contributed by atoms with E-state index in [-0.39, 0.29) is 17.3 Å². The Balaban J connectivity index is 1.17. The number of para-hydroxylation sites is 1. The first-order valence-electron chi connectivity index (χ1n) is 12.5. The molecule has 1 aromatic heterocycles. The Morgan fingerprint density at radius 1 is 0.946 bits per heavy atom. The minimum atomic E-state index is -0.206. The average Bonchev–Trinajstić information content (AvgIpc) is 2.93. The predicted octanol–water partition coefficient (Wildman–Crippen LogP) is 2.20. The summed E-state index contributed by atoms with van der Waals surface area (Å²) in [6.45, 7) is 5.72. The Labute approximate surface area is 215 Å². The fraction of sp³-hybridized carbons (Fsp3) is 0.370. The van der Waals surface area contributed by atoms with Gasteiger partial charge in [-0.25, -0.2) is 9.37 Å². The number of anilines is 2. The number of hydrogen-bond donors (Lipinski definition) is 1. The van der Waals surface area contributed by atoms with E-state index in [0.717, 1.165) is 13.1 Å². The highest BCUT2D eigenvalue weighted by atomic mass is 19.1. The zero-order valence-electron chi connectivity index (χ0n) is 20.9. The van der Waals surface area contributed by atoms with E-state index in [9.17, 15) is 14.0 Å². The molecule has 0 aliphatic carbocycles. The van der Waals surface area contributed by atoms with E-state index in [2.05, 4.69) is 14.8 Å². The van der Waals surface area contributed by atoms with Crippen LogP contribution in [0.15, 0.2) is 59.4 Å². The van der Waals surface area contributed by atoms with Crippen molar-refractivity contribution in [3.63, 3.8) is 0 Å². The SMILES string of the molecule is COc1ccc(C(=O)N2CCN(c3nc(CN4CCN(c5ccccc5F)CC4)cc(=O)[nH]3)CC2)cc1. The highest BCUT2D eigenvalue weighted by molar-refractivity contribution is 5.94. The van der Waals surface area contributed by atoms with Crippen LogP contribution in [-0.4, -0.2) is 85.1 Å². The molecule has 3 heterocycles. The summed E-state index contributed by atoms with van der Waals surface area (Å²) in [6, 6.07) is 15.5. The van der Waals surface area contributed by atoms with Gasteiger partial charge in [-0.1, -0.05) is 12.1 Å².